The highest BCUT2D eigenvalue weighted by atomic mass is 32.2. The highest BCUT2D eigenvalue weighted by Crippen LogP contribution is 2.37. The zero-order valence-corrected chi connectivity index (χ0v) is 20.7. The number of aromatic nitrogens is 3. The standard InChI is InChI=1S/C24H27N5O2S2/c1-4-16-9-11-17(12-10-16)31-15(2)22-27-28-24(29(22)3)32-14-21(30)26-23-19(13-25)18-7-5-6-8-20(18)33-23/h9-12,15H,4-8,14H2,1-3H3,(H,26,30)/t15-/m0/s1. The molecule has 1 amide bonds. The van der Waals surface area contributed by atoms with Crippen LogP contribution in [0.1, 0.15) is 60.2 Å². The van der Waals surface area contributed by atoms with Gasteiger partial charge in [-0.2, -0.15) is 5.26 Å². The minimum Gasteiger partial charge on any atom is -0.483 e. The summed E-state index contributed by atoms with van der Waals surface area (Å²) in [6.07, 6.45) is 4.85. The number of anilines is 1. The van der Waals surface area contributed by atoms with E-state index < -0.39 is 0 Å². The highest BCUT2D eigenvalue weighted by Gasteiger charge is 2.22. The summed E-state index contributed by atoms with van der Waals surface area (Å²) in [7, 11) is 1.87. The molecule has 0 unspecified atom stereocenters. The molecule has 3 aromatic rings. The number of rotatable bonds is 8. The van der Waals surface area contributed by atoms with Gasteiger partial charge in [0.2, 0.25) is 5.91 Å². The lowest BCUT2D eigenvalue weighted by Crippen LogP contribution is -2.15. The number of nitrogens with zero attached hydrogens (tertiary/aromatic N) is 4. The first kappa shape index (κ1) is 23.3. The molecule has 1 aromatic carbocycles. The van der Waals surface area contributed by atoms with Gasteiger partial charge >= 0.3 is 0 Å². The Morgan fingerprint density at radius 2 is 2.06 bits per heavy atom. The summed E-state index contributed by atoms with van der Waals surface area (Å²) in [6, 6.07) is 10.3. The van der Waals surface area contributed by atoms with Crippen LogP contribution in [0.5, 0.6) is 5.75 Å². The van der Waals surface area contributed by atoms with E-state index in [2.05, 4.69) is 40.6 Å². The van der Waals surface area contributed by atoms with Crippen molar-refractivity contribution in [3.05, 3.63) is 51.7 Å². The fourth-order valence-electron chi connectivity index (χ4n) is 3.93. The Hall–Kier alpha value is -2.83. The number of carbonyl (C=O) groups is 1. The summed E-state index contributed by atoms with van der Waals surface area (Å²) >= 11 is 2.85. The molecule has 9 heteroatoms. The summed E-state index contributed by atoms with van der Waals surface area (Å²) in [5.41, 5.74) is 3.01. The molecular formula is C24H27N5O2S2. The third kappa shape index (κ3) is 5.23. The Morgan fingerprint density at radius 1 is 1.30 bits per heavy atom. The number of carbonyl (C=O) groups excluding carboxylic acids is 1. The van der Waals surface area contributed by atoms with Gasteiger partial charge in [0.25, 0.3) is 0 Å². The maximum absolute atomic E-state index is 12.6. The van der Waals surface area contributed by atoms with Crippen LogP contribution in [0, 0.1) is 11.3 Å². The smallest absolute Gasteiger partial charge is 0.235 e. The van der Waals surface area contributed by atoms with E-state index in [9.17, 15) is 10.1 Å². The number of nitrogens with one attached hydrogen (secondary N) is 1. The number of thiophene rings is 1. The van der Waals surface area contributed by atoms with Crippen molar-refractivity contribution >= 4 is 34.0 Å². The first-order valence-corrected chi connectivity index (χ1v) is 12.9. The van der Waals surface area contributed by atoms with E-state index in [0.717, 1.165) is 43.4 Å². The lowest BCUT2D eigenvalue weighted by atomic mass is 9.96. The Morgan fingerprint density at radius 3 is 2.79 bits per heavy atom. The van der Waals surface area contributed by atoms with Crippen LogP contribution in [0.4, 0.5) is 5.00 Å². The second kappa shape index (κ2) is 10.4. The number of thioether (sulfide) groups is 1. The maximum atomic E-state index is 12.6. The average Bonchev–Trinajstić information content (AvgIpc) is 3.37. The van der Waals surface area contributed by atoms with Gasteiger partial charge in [0.05, 0.1) is 11.3 Å². The molecule has 1 N–H and O–H groups in total. The van der Waals surface area contributed by atoms with Crippen LogP contribution in [-0.4, -0.2) is 26.4 Å². The molecule has 172 valence electrons. The molecule has 0 aliphatic heterocycles. The molecule has 0 saturated carbocycles. The van der Waals surface area contributed by atoms with E-state index in [1.54, 1.807) is 0 Å². The van der Waals surface area contributed by atoms with Gasteiger partial charge in [0.15, 0.2) is 17.1 Å². The van der Waals surface area contributed by atoms with E-state index in [4.69, 9.17) is 4.74 Å². The Balaban J connectivity index is 1.36. The minimum absolute atomic E-state index is 0.153. The van der Waals surface area contributed by atoms with E-state index in [1.165, 1.54) is 33.5 Å². The zero-order chi connectivity index (χ0) is 23.4. The molecule has 1 aliphatic rings. The topological polar surface area (TPSA) is 92.8 Å². The fraction of sp³-hybridized carbons (Fsp3) is 0.417. The van der Waals surface area contributed by atoms with E-state index in [-0.39, 0.29) is 17.8 Å². The second-order valence-corrected chi connectivity index (χ2v) is 10.1. The summed E-state index contributed by atoms with van der Waals surface area (Å²) < 4.78 is 7.88. The molecular weight excluding hydrogens is 454 g/mol. The Kier molecular flexibility index (Phi) is 7.36. The number of ether oxygens (including phenoxy) is 1. The molecule has 0 saturated heterocycles. The van der Waals surface area contributed by atoms with Gasteiger partial charge in [0, 0.05) is 11.9 Å². The van der Waals surface area contributed by atoms with E-state index in [0.29, 0.717) is 21.5 Å². The molecule has 0 spiro atoms. The first-order chi connectivity index (χ1) is 16.0. The second-order valence-electron chi connectivity index (χ2n) is 8.02. The predicted molar refractivity (Wildman–Crippen MR) is 131 cm³/mol. The van der Waals surface area contributed by atoms with Gasteiger partial charge < -0.3 is 14.6 Å². The van der Waals surface area contributed by atoms with Crippen molar-refractivity contribution in [2.75, 3.05) is 11.1 Å². The summed E-state index contributed by atoms with van der Waals surface area (Å²) in [4.78, 5) is 13.8. The lowest BCUT2D eigenvalue weighted by molar-refractivity contribution is -0.113. The van der Waals surface area contributed by atoms with Gasteiger partial charge in [-0.15, -0.1) is 21.5 Å². The normalized spacial score (nSPS) is 13.8. The average molecular weight is 482 g/mol. The van der Waals surface area contributed by atoms with Gasteiger partial charge in [-0.25, -0.2) is 0 Å². The summed E-state index contributed by atoms with van der Waals surface area (Å²) in [5.74, 6) is 1.51. The SMILES string of the molecule is CCc1ccc(O[C@@H](C)c2nnc(SCC(=O)Nc3sc4c(c3C#N)CCCC4)n2C)cc1. The molecule has 0 radical (unpaired) electrons. The third-order valence-corrected chi connectivity index (χ3v) is 7.97. The molecule has 2 aromatic heterocycles. The van der Waals surface area contributed by atoms with Gasteiger partial charge in [-0.3, -0.25) is 4.79 Å². The number of hydrogen-bond donors (Lipinski definition) is 1. The van der Waals surface area contributed by atoms with Crippen molar-refractivity contribution in [2.24, 2.45) is 7.05 Å². The number of aryl methyl sites for hydroxylation is 2. The van der Waals surface area contributed by atoms with Crippen molar-refractivity contribution < 1.29 is 9.53 Å². The molecule has 1 atom stereocenters. The molecule has 0 bridgehead atoms. The van der Waals surface area contributed by atoms with Crippen LogP contribution in [0.15, 0.2) is 29.4 Å². The fourth-order valence-corrected chi connectivity index (χ4v) is 5.91. The number of hydrogen-bond acceptors (Lipinski definition) is 7. The third-order valence-electron chi connectivity index (χ3n) is 5.75. The van der Waals surface area contributed by atoms with Crippen molar-refractivity contribution in [1.29, 1.82) is 5.26 Å². The predicted octanol–water partition coefficient (Wildman–Crippen LogP) is 5.06. The number of fused-ring (bicyclic) bond motifs is 1. The van der Waals surface area contributed by atoms with Crippen LogP contribution < -0.4 is 10.1 Å². The van der Waals surface area contributed by atoms with Crippen LogP contribution in [0.3, 0.4) is 0 Å². The number of benzene rings is 1. The van der Waals surface area contributed by atoms with Crippen LogP contribution in [0.2, 0.25) is 0 Å². The lowest BCUT2D eigenvalue weighted by Gasteiger charge is -2.14. The first-order valence-electron chi connectivity index (χ1n) is 11.1. The van der Waals surface area contributed by atoms with Crippen molar-refractivity contribution in [1.82, 2.24) is 14.8 Å². The zero-order valence-electron chi connectivity index (χ0n) is 19.1. The van der Waals surface area contributed by atoms with Crippen molar-refractivity contribution in [2.45, 2.75) is 57.2 Å². The van der Waals surface area contributed by atoms with Gasteiger partial charge in [0.1, 0.15) is 16.8 Å². The van der Waals surface area contributed by atoms with E-state index >= 15 is 0 Å². The number of amides is 1. The number of nitriles is 1. The van der Waals surface area contributed by atoms with Crippen LogP contribution in [0.25, 0.3) is 0 Å². The molecule has 0 fully saturated rings. The highest BCUT2D eigenvalue weighted by molar-refractivity contribution is 7.99. The molecule has 7 nitrogen and oxygen atoms in total. The van der Waals surface area contributed by atoms with Crippen LogP contribution >= 0.6 is 23.1 Å². The van der Waals surface area contributed by atoms with Gasteiger partial charge in [-0.05, 0) is 62.3 Å². The van der Waals surface area contributed by atoms with Crippen molar-refractivity contribution in [3.63, 3.8) is 0 Å². The van der Waals surface area contributed by atoms with Crippen molar-refractivity contribution in [3.8, 4) is 11.8 Å². The molecule has 1 aliphatic carbocycles. The summed E-state index contributed by atoms with van der Waals surface area (Å²) in [5, 5.41) is 22.3. The summed E-state index contributed by atoms with van der Waals surface area (Å²) in [6.45, 7) is 4.05. The minimum atomic E-state index is -0.284. The Bertz CT molecular complexity index is 1180. The molecule has 4 rings (SSSR count). The molecule has 2 heterocycles. The monoisotopic (exact) mass is 481 g/mol. The Labute approximate surface area is 202 Å². The molecule has 33 heavy (non-hydrogen) atoms. The maximum Gasteiger partial charge on any atom is 0.235 e. The van der Waals surface area contributed by atoms with Gasteiger partial charge in [-0.1, -0.05) is 30.8 Å². The largest absolute Gasteiger partial charge is 0.483 e. The van der Waals surface area contributed by atoms with E-state index in [1.807, 2.05) is 30.7 Å². The quantitative estimate of drug-likeness (QED) is 0.452. The van der Waals surface area contributed by atoms with Crippen LogP contribution in [-0.2, 0) is 31.1 Å².